The molecule has 0 saturated carbocycles. The Balaban J connectivity index is 1.50. The highest BCUT2D eigenvalue weighted by Crippen LogP contribution is 2.52. The van der Waals surface area contributed by atoms with Crippen molar-refractivity contribution in [2.45, 2.75) is 69.2 Å². The highest BCUT2D eigenvalue weighted by atomic mass is 31.2. The molecule has 3 unspecified atom stereocenters. The Hall–Kier alpha value is -2.02. The number of hydrogen-bond acceptors (Lipinski definition) is 12. The van der Waals surface area contributed by atoms with Gasteiger partial charge in [-0.25, -0.2) is 0 Å². The van der Waals surface area contributed by atoms with E-state index in [1.165, 1.54) is 14.2 Å². The number of fused-ring (bicyclic) bond motifs is 6. The molecule has 1 aromatic rings. The van der Waals surface area contributed by atoms with Crippen molar-refractivity contribution in [1.82, 2.24) is 9.80 Å². The van der Waals surface area contributed by atoms with Gasteiger partial charge in [-0.05, 0) is 83.8 Å². The van der Waals surface area contributed by atoms with Gasteiger partial charge in [-0.15, -0.1) is 0 Å². The van der Waals surface area contributed by atoms with Gasteiger partial charge in [0.25, 0.3) is 0 Å². The lowest BCUT2D eigenvalue weighted by Crippen LogP contribution is -2.69. The smallest absolute Gasteiger partial charge is 0.361 e. The zero-order chi connectivity index (χ0) is 32.4. The molecule has 250 valence electrons. The molecule has 0 spiro atoms. The molecule has 6 heterocycles. The maximum Gasteiger partial charge on any atom is 0.361 e. The van der Waals surface area contributed by atoms with Crippen LogP contribution in [-0.4, -0.2) is 117 Å². The fourth-order valence-corrected chi connectivity index (χ4v) is 9.48. The van der Waals surface area contributed by atoms with E-state index in [-0.39, 0.29) is 67.7 Å². The predicted molar refractivity (Wildman–Crippen MR) is 166 cm³/mol. The lowest BCUT2D eigenvalue weighted by Gasteiger charge is -2.53. The number of ether oxygens (including phenoxy) is 3. The SMILES string of the molecule is COCC1(COP(=O)(OCC2(COC)C(=O)C3CCN2CC3)c2ccccc2CC(N)C(=O)OC(C)C)C(=O)C2CCN1CC2. The number of rotatable bonds is 15. The highest BCUT2D eigenvalue weighted by Gasteiger charge is 2.56. The van der Waals surface area contributed by atoms with Crippen LogP contribution in [0.25, 0.3) is 0 Å². The van der Waals surface area contributed by atoms with Crippen LogP contribution in [0.15, 0.2) is 24.3 Å². The third-order valence-corrected chi connectivity index (χ3v) is 11.9. The van der Waals surface area contributed by atoms with Crippen LogP contribution >= 0.6 is 7.60 Å². The van der Waals surface area contributed by atoms with Crippen molar-refractivity contribution in [3.63, 3.8) is 0 Å². The van der Waals surface area contributed by atoms with Crippen molar-refractivity contribution >= 4 is 30.4 Å². The topological polar surface area (TPSA) is 147 Å². The second kappa shape index (κ2) is 14.0. The summed E-state index contributed by atoms with van der Waals surface area (Å²) in [7, 11) is -1.19. The molecular formula is C32H48N3O9P. The van der Waals surface area contributed by atoms with Crippen LogP contribution in [0.4, 0.5) is 0 Å². The first-order valence-corrected chi connectivity index (χ1v) is 17.5. The summed E-state index contributed by atoms with van der Waals surface area (Å²) in [6, 6.07) is 5.80. The number of carbonyl (C=O) groups excluding carboxylic acids is 3. The maximum atomic E-state index is 15.2. The number of nitrogens with zero attached hydrogens (tertiary/aromatic N) is 2. The molecule has 0 aromatic heterocycles. The Morgan fingerprint density at radius 2 is 1.33 bits per heavy atom. The number of Topliss-reactive ketones (excluding diaryl/α,β-unsaturated/α-hetero) is 2. The van der Waals surface area contributed by atoms with Gasteiger partial charge in [-0.2, -0.15) is 0 Å². The number of nitrogens with two attached hydrogens (primary N) is 1. The van der Waals surface area contributed by atoms with Gasteiger partial charge in [0.15, 0.2) is 11.6 Å². The van der Waals surface area contributed by atoms with Crippen LogP contribution < -0.4 is 11.0 Å². The van der Waals surface area contributed by atoms with Crippen LogP contribution in [0, 0.1) is 11.8 Å². The van der Waals surface area contributed by atoms with Crippen LogP contribution in [0.1, 0.15) is 45.1 Å². The summed E-state index contributed by atoms with van der Waals surface area (Å²) < 4.78 is 44.4. The third kappa shape index (κ3) is 6.58. The summed E-state index contributed by atoms with van der Waals surface area (Å²) in [5, 5.41) is 0.227. The van der Waals surface area contributed by atoms with Gasteiger partial charge >= 0.3 is 13.6 Å². The van der Waals surface area contributed by atoms with Crippen LogP contribution in [0.2, 0.25) is 0 Å². The first-order chi connectivity index (χ1) is 21.5. The van der Waals surface area contributed by atoms with Gasteiger partial charge in [0.1, 0.15) is 17.1 Å². The van der Waals surface area contributed by atoms with Gasteiger partial charge in [0, 0.05) is 26.1 Å². The summed E-state index contributed by atoms with van der Waals surface area (Å²) in [6.07, 6.45) is 2.75. The normalized spacial score (nSPS) is 32.9. The van der Waals surface area contributed by atoms with E-state index in [9.17, 15) is 14.4 Å². The molecule has 7 rings (SSSR count). The molecule has 1 aromatic carbocycles. The zero-order valence-electron chi connectivity index (χ0n) is 26.9. The van der Waals surface area contributed by atoms with Gasteiger partial charge in [-0.3, -0.25) is 28.7 Å². The molecule has 0 aliphatic carbocycles. The van der Waals surface area contributed by atoms with Gasteiger partial charge in [0.2, 0.25) is 0 Å². The standard InChI is InChI=1S/C32H48N3O9P/c1-22(2)44-30(38)26(33)17-25-7-5-6-8-27(25)45(39,42-20-31(18-40-3)28(36)23-9-13-34(31)14-10-23)43-21-32(19-41-4)29(37)24-11-15-35(32)16-12-24/h5-8,22-24,26H,9-21,33H2,1-4H3. The minimum Gasteiger partial charge on any atom is -0.462 e. The molecule has 45 heavy (non-hydrogen) atoms. The zero-order valence-corrected chi connectivity index (χ0v) is 27.8. The van der Waals surface area contributed by atoms with E-state index in [2.05, 4.69) is 9.80 Å². The Bertz CT molecular complexity index is 1240. The Morgan fingerprint density at radius 1 is 0.867 bits per heavy atom. The lowest BCUT2D eigenvalue weighted by molar-refractivity contribution is -0.158. The van der Waals surface area contributed by atoms with Crippen molar-refractivity contribution in [1.29, 1.82) is 0 Å². The Morgan fingerprint density at radius 3 is 1.76 bits per heavy atom. The molecule has 2 N–H and O–H groups in total. The van der Waals surface area contributed by atoms with Crippen LogP contribution in [-0.2, 0) is 48.6 Å². The second-order valence-corrected chi connectivity index (χ2v) is 15.1. The van der Waals surface area contributed by atoms with E-state index < -0.39 is 30.7 Å². The van der Waals surface area contributed by atoms with Crippen LogP contribution in [0.5, 0.6) is 0 Å². The molecule has 4 bridgehead atoms. The third-order valence-electron chi connectivity index (χ3n) is 9.95. The minimum atomic E-state index is -4.26. The average molecular weight is 650 g/mol. The van der Waals surface area contributed by atoms with Crippen molar-refractivity contribution in [3.8, 4) is 0 Å². The number of piperidine rings is 6. The quantitative estimate of drug-likeness (QED) is 0.218. The molecule has 0 amide bonds. The Kier molecular flexibility index (Phi) is 10.7. The average Bonchev–Trinajstić information content (AvgIpc) is 3.03. The first-order valence-electron chi connectivity index (χ1n) is 16.0. The Labute approximate surface area is 265 Å². The number of hydrogen-bond donors (Lipinski definition) is 1. The number of carbonyl (C=O) groups is 3. The van der Waals surface area contributed by atoms with Gasteiger partial charge in [-0.1, -0.05) is 18.2 Å². The van der Waals surface area contributed by atoms with Crippen LogP contribution in [0.3, 0.4) is 0 Å². The van der Waals surface area contributed by atoms with E-state index in [4.69, 9.17) is 29.0 Å². The molecule has 6 fully saturated rings. The molecule has 6 aliphatic heterocycles. The molecule has 6 aliphatic rings. The van der Waals surface area contributed by atoms with Crippen molar-refractivity contribution in [2.75, 3.05) is 66.8 Å². The van der Waals surface area contributed by atoms with E-state index >= 15 is 4.57 Å². The monoisotopic (exact) mass is 649 g/mol. The first kappa shape index (κ1) is 34.3. The predicted octanol–water partition coefficient (Wildman–Crippen LogP) is 1.72. The largest absolute Gasteiger partial charge is 0.462 e. The highest BCUT2D eigenvalue weighted by molar-refractivity contribution is 7.62. The summed E-state index contributed by atoms with van der Waals surface area (Å²) in [5.74, 6) is -0.773. The molecule has 12 nitrogen and oxygen atoms in total. The molecule has 6 saturated heterocycles. The molecule has 13 heteroatoms. The fraction of sp³-hybridized carbons (Fsp3) is 0.719. The van der Waals surface area contributed by atoms with E-state index in [0.29, 0.717) is 31.7 Å². The van der Waals surface area contributed by atoms with Gasteiger partial charge < -0.3 is 29.0 Å². The number of benzene rings is 1. The fourth-order valence-electron chi connectivity index (χ4n) is 7.57. The molecular weight excluding hydrogens is 601 g/mol. The number of ketones is 2. The second-order valence-electron chi connectivity index (χ2n) is 13.1. The van der Waals surface area contributed by atoms with E-state index in [0.717, 1.165) is 25.7 Å². The van der Waals surface area contributed by atoms with Crippen molar-refractivity contribution in [3.05, 3.63) is 29.8 Å². The minimum absolute atomic E-state index is 0.0156. The number of esters is 1. The van der Waals surface area contributed by atoms with E-state index in [1.807, 2.05) is 0 Å². The lowest BCUT2D eigenvalue weighted by atomic mass is 9.74. The summed E-state index contributed by atoms with van der Waals surface area (Å²) in [6.45, 7) is 6.03. The summed E-state index contributed by atoms with van der Waals surface area (Å²) in [5.41, 5.74) is 4.51. The van der Waals surface area contributed by atoms with Gasteiger partial charge in [0.05, 0.1) is 37.8 Å². The molecule has 3 atom stereocenters. The molecule has 0 radical (unpaired) electrons. The van der Waals surface area contributed by atoms with E-state index in [1.54, 1.807) is 38.1 Å². The number of methoxy groups -OCH3 is 2. The summed E-state index contributed by atoms with van der Waals surface area (Å²) >= 11 is 0. The van der Waals surface area contributed by atoms with Crippen molar-refractivity contribution in [2.24, 2.45) is 17.6 Å². The maximum absolute atomic E-state index is 15.2. The summed E-state index contributed by atoms with van der Waals surface area (Å²) in [4.78, 5) is 44.2. The van der Waals surface area contributed by atoms with Crippen molar-refractivity contribution < 1.29 is 42.2 Å².